The van der Waals surface area contributed by atoms with E-state index in [1.165, 1.54) is 12.1 Å². The first-order valence-electron chi connectivity index (χ1n) is 6.45. The topological polar surface area (TPSA) is 118 Å². The summed E-state index contributed by atoms with van der Waals surface area (Å²) < 4.78 is 22.3. The van der Waals surface area contributed by atoms with Gasteiger partial charge in [0.05, 0.1) is 10.6 Å². The van der Waals surface area contributed by atoms with E-state index < -0.39 is 10.0 Å². The molecule has 8 heteroatoms. The summed E-state index contributed by atoms with van der Waals surface area (Å²) in [6.45, 7) is 0. The third-order valence-corrected chi connectivity index (χ3v) is 4.32. The minimum absolute atomic E-state index is 0.0310. The van der Waals surface area contributed by atoms with Crippen LogP contribution in [0.15, 0.2) is 34.0 Å². The van der Waals surface area contributed by atoms with E-state index in [1.807, 2.05) is 0 Å². The summed E-state index contributed by atoms with van der Waals surface area (Å²) in [5.74, 6) is 0.351. The lowest BCUT2D eigenvalue weighted by molar-refractivity contribution is 0.598. The van der Waals surface area contributed by atoms with Gasteiger partial charge in [-0.1, -0.05) is 0 Å². The fraction of sp³-hybridized carbons (Fsp3) is 0.231. The van der Waals surface area contributed by atoms with Gasteiger partial charge in [-0.05, 0) is 43.5 Å². The molecule has 21 heavy (non-hydrogen) atoms. The lowest BCUT2D eigenvalue weighted by atomic mass is 10.3. The molecule has 1 aliphatic carbocycles. The minimum Gasteiger partial charge on any atom is -0.326 e. The SMILES string of the molecule is NS(=O)(=O)c1ccc(Nc2nc3c(c(=O)[nH]2)CCC3)cc1. The van der Waals surface area contributed by atoms with E-state index in [4.69, 9.17) is 5.14 Å². The Labute approximate surface area is 121 Å². The number of H-pyrrole nitrogens is 1. The monoisotopic (exact) mass is 306 g/mol. The summed E-state index contributed by atoms with van der Waals surface area (Å²) in [6.07, 6.45) is 2.51. The number of fused-ring (bicyclic) bond motifs is 1. The molecule has 0 saturated carbocycles. The third-order valence-electron chi connectivity index (χ3n) is 3.39. The fourth-order valence-electron chi connectivity index (χ4n) is 2.37. The van der Waals surface area contributed by atoms with Crippen molar-refractivity contribution < 1.29 is 8.42 Å². The first-order chi connectivity index (χ1) is 9.93. The van der Waals surface area contributed by atoms with Gasteiger partial charge in [-0.25, -0.2) is 18.5 Å². The lowest BCUT2D eigenvalue weighted by Crippen LogP contribution is -2.16. The zero-order chi connectivity index (χ0) is 15.0. The Bertz CT molecular complexity index is 841. The first-order valence-corrected chi connectivity index (χ1v) is 8.00. The van der Waals surface area contributed by atoms with Gasteiger partial charge in [0.25, 0.3) is 5.56 Å². The Kier molecular flexibility index (Phi) is 3.26. The van der Waals surface area contributed by atoms with Crippen molar-refractivity contribution in [1.82, 2.24) is 9.97 Å². The van der Waals surface area contributed by atoms with E-state index in [9.17, 15) is 13.2 Å². The van der Waals surface area contributed by atoms with Crippen molar-refractivity contribution in [2.24, 2.45) is 5.14 Å². The van der Waals surface area contributed by atoms with Crippen molar-refractivity contribution in [3.05, 3.63) is 45.9 Å². The summed E-state index contributed by atoms with van der Waals surface area (Å²) in [6, 6.07) is 5.91. The zero-order valence-corrected chi connectivity index (χ0v) is 11.9. The summed E-state index contributed by atoms with van der Waals surface area (Å²) in [7, 11) is -3.71. The average Bonchev–Trinajstić information content (AvgIpc) is 2.87. The van der Waals surface area contributed by atoms with Crippen LogP contribution in [-0.4, -0.2) is 18.4 Å². The van der Waals surface area contributed by atoms with Gasteiger partial charge in [-0.15, -0.1) is 0 Å². The number of anilines is 2. The lowest BCUT2D eigenvalue weighted by Gasteiger charge is -2.07. The van der Waals surface area contributed by atoms with Crippen LogP contribution in [0.25, 0.3) is 0 Å². The highest BCUT2D eigenvalue weighted by Crippen LogP contribution is 2.19. The second-order valence-corrected chi connectivity index (χ2v) is 6.45. The van der Waals surface area contributed by atoms with Crippen molar-refractivity contribution in [3.63, 3.8) is 0 Å². The summed E-state index contributed by atoms with van der Waals surface area (Å²) in [5, 5.41) is 7.98. The number of aromatic amines is 1. The molecule has 1 aromatic heterocycles. The zero-order valence-electron chi connectivity index (χ0n) is 11.1. The van der Waals surface area contributed by atoms with Crippen molar-refractivity contribution in [2.75, 3.05) is 5.32 Å². The first kappa shape index (κ1) is 13.8. The summed E-state index contributed by atoms with van der Waals surface area (Å²) in [4.78, 5) is 19.0. The molecule has 0 spiro atoms. The second kappa shape index (κ2) is 4.97. The maximum Gasteiger partial charge on any atom is 0.255 e. The molecule has 0 atom stereocenters. The van der Waals surface area contributed by atoms with Crippen LogP contribution in [0.5, 0.6) is 0 Å². The summed E-state index contributed by atoms with van der Waals surface area (Å²) in [5.41, 5.74) is 2.07. The number of benzene rings is 1. The predicted octanol–water partition coefficient (Wildman–Crippen LogP) is 0.650. The van der Waals surface area contributed by atoms with Gasteiger partial charge in [0.2, 0.25) is 16.0 Å². The number of nitrogens with zero attached hydrogens (tertiary/aromatic N) is 1. The molecule has 0 fully saturated rings. The Morgan fingerprint density at radius 1 is 1.19 bits per heavy atom. The van der Waals surface area contributed by atoms with Gasteiger partial charge in [-0.3, -0.25) is 9.78 Å². The van der Waals surface area contributed by atoms with E-state index in [0.29, 0.717) is 11.6 Å². The molecule has 1 aromatic carbocycles. The molecular formula is C13H14N4O3S. The normalized spacial score (nSPS) is 14.0. The molecule has 4 N–H and O–H groups in total. The van der Waals surface area contributed by atoms with Crippen LogP contribution in [0.1, 0.15) is 17.7 Å². The van der Waals surface area contributed by atoms with Crippen molar-refractivity contribution in [3.8, 4) is 0 Å². The van der Waals surface area contributed by atoms with Crippen LogP contribution in [0.4, 0.5) is 11.6 Å². The molecule has 2 aromatic rings. The highest BCUT2D eigenvalue weighted by molar-refractivity contribution is 7.89. The molecule has 0 radical (unpaired) electrons. The highest BCUT2D eigenvalue weighted by atomic mass is 32.2. The van der Waals surface area contributed by atoms with Gasteiger partial charge >= 0.3 is 0 Å². The highest BCUT2D eigenvalue weighted by Gasteiger charge is 2.17. The van der Waals surface area contributed by atoms with Crippen LogP contribution in [0, 0.1) is 0 Å². The smallest absolute Gasteiger partial charge is 0.255 e. The molecule has 0 unspecified atom stereocenters. The fourth-order valence-corrected chi connectivity index (χ4v) is 2.88. The molecule has 7 nitrogen and oxygen atoms in total. The third kappa shape index (κ3) is 2.81. The van der Waals surface area contributed by atoms with Gasteiger partial charge in [0, 0.05) is 11.3 Å². The molecular weight excluding hydrogens is 292 g/mol. The number of nitrogens with two attached hydrogens (primary N) is 1. The molecule has 1 aliphatic rings. The molecule has 0 bridgehead atoms. The molecule has 1 heterocycles. The molecule has 110 valence electrons. The molecule has 0 aliphatic heterocycles. The summed E-state index contributed by atoms with van der Waals surface area (Å²) >= 11 is 0. The van der Waals surface area contributed by atoms with Gasteiger partial charge in [0.1, 0.15) is 0 Å². The standard InChI is InChI=1S/C13H14N4O3S/c14-21(19,20)9-6-4-8(5-7-9)15-13-16-11-3-1-2-10(11)12(18)17-13/h4-7H,1-3H2,(H2,14,19,20)(H2,15,16,17,18). The number of aryl methyl sites for hydroxylation is 1. The maximum absolute atomic E-state index is 11.9. The Hall–Kier alpha value is -2.19. The van der Waals surface area contributed by atoms with E-state index >= 15 is 0 Å². The molecule has 0 amide bonds. The maximum atomic E-state index is 11.9. The van der Waals surface area contributed by atoms with E-state index in [2.05, 4.69) is 15.3 Å². The average molecular weight is 306 g/mol. The second-order valence-electron chi connectivity index (χ2n) is 4.89. The van der Waals surface area contributed by atoms with Crippen molar-refractivity contribution in [1.29, 1.82) is 0 Å². The predicted molar refractivity (Wildman–Crippen MR) is 78.0 cm³/mol. The number of primary sulfonamides is 1. The van der Waals surface area contributed by atoms with Crippen LogP contribution in [0.3, 0.4) is 0 Å². The van der Waals surface area contributed by atoms with Gasteiger partial charge in [0.15, 0.2) is 0 Å². The quantitative estimate of drug-likeness (QED) is 0.769. The number of hydrogen-bond donors (Lipinski definition) is 3. The van der Waals surface area contributed by atoms with E-state index in [1.54, 1.807) is 12.1 Å². The van der Waals surface area contributed by atoms with Crippen LogP contribution in [0.2, 0.25) is 0 Å². The van der Waals surface area contributed by atoms with Crippen LogP contribution >= 0.6 is 0 Å². The largest absolute Gasteiger partial charge is 0.326 e. The number of sulfonamides is 1. The van der Waals surface area contributed by atoms with Gasteiger partial charge in [-0.2, -0.15) is 0 Å². The Balaban J connectivity index is 1.87. The van der Waals surface area contributed by atoms with E-state index in [0.717, 1.165) is 30.5 Å². The minimum atomic E-state index is -3.71. The molecule has 0 saturated heterocycles. The van der Waals surface area contributed by atoms with Crippen LogP contribution in [-0.2, 0) is 22.9 Å². The van der Waals surface area contributed by atoms with Gasteiger partial charge < -0.3 is 5.32 Å². The number of aromatic nitrogens is 2. The molecule has 3 rings (SSSR count). The van der Waals surface area contributed by atoms with Crippen molar-refractivity contribution in [2.45, 2.75) is 24.2 Å². The number of nitrogens with one attached hydrogen (secondary N) is 2. The Morgan fingerprint density at radius 2 is 1.90 bits per heavy atom. The number of rotatable bonds is 3. The Morgan fingerprint density at radius 3 is 2.57 bits per heavy atom. The van der Waals surface area contributed by atoms with Crippen LogP contribution < -0.4 is 16.0 Å². The van der Waals surface area contributed by atoms with E-state index in [-0.39, 0.29) is 10.5 Å². The number of hydrogen-bond acceptors (Lipinski definition) is 5. The van der Waals surface area contributed by atoms with Crippen molar-refractivity contribution >= 4 is 21.7 Å².